The molecule has 6 heteroatoms. The lowest BCUT2D eigenvalue weighted by atomic mass is 10.1. The van der Waals surface area contributed by atoms with E-state index in [-0.39, 0.29) is 19.4 Å². The molecule has 0 bridgehead atoms. The maximum Gasteiger partial charge on any atom is 0.188 e. The molecule has 0 N–H and O–H groups in total. The third kappa shape index (κ3) is 4.11. The van der Waals surface area contributed by atoms with Crippen LogP contribution in [0.15, 0.2) is 12.1 Å². The summed E-state index contributed by atoms with van der Waals surface area (Å²) < 4.78 is 21.2. The van der Waals surface area contributed by atoms with Gasteiger partial charge in [-0.05, 0) is 35.6 Å². The van der Waals surface area contributed by atoms with Crippen LogP contribution >= 0.6 is 22.6 Å². The molecule has 1 rings (SSSR count). The summed E-state index contributed by atoms with van der Waals surface area (Å²) in [6.07, 6.45) is 0. The molecule has 0 saturated carbocycles. The monoisotopic (exact) mass is 366 g/mol. The minimum atomic E-state index is -0.0719. The van der Waals surface area contributed by atoms with Crippen molar-refractivity contribution in [1.29, 1.82) is 0 Å². The Kier molecular flexibility index (Phi) is 6.37. The van der Waals surface area contributed by atoms with Crippen LogP contribution in [0.5, 0.6) is 11.5 Å². The number of ether oxygens (including phenoxy) is 4. The first-order valence-corrected chi connectivity index (χ1v) is 6.26. The third-order valence-electron chi connectivity index (χ3n) is 2.08. The van der Waals surface area contributed by atoms with Gasteiger partial charge in [-0.25, -0.2) is 0 Å². The fourth-order valence-corrected chi connectivity index (χ4v) is 1.91. The molecule has 0 spiro atoms. The van der Waals surface area contributed by atoms with Gasteiger partial charge in [0.15, 0.2) is 19.4 Å². The van der Waals surface area contributed by atoms with Gasteiger partial charge in [0, 0.05) is 20.3 Å². The van der Waals surface area contributed by atoms with Crippen molar-refractivity contribution >= 4 is 28.4 Å². The van der Waals surface area contributed by atoms with Gasteiger partial charge in [0.05, 0.1) is 9.13 Å². The molecule has 0 aliphatic heterocycles. The van der Waals surface area contributed by atoms with Crippen molar-refractivity contribution in [2.45, 2.75) is 6.92 Å². The summed E-state index contributed by atoms with van der Waals surface area (Å²) in [4.78, 5) is 11.5. The van der Waals surface area contributed by atoms with Crippen LogP contribution in [0, 0.1) is 3.57 Å². The fourth-order valence-electron chi connectivity index (χ4n) is 1.28. The van der Waals surface area contributed by atoms with Crippen molar-refractivity contribution in [2.24, 2.45) is 0 Å². The number of hydrogen-bond acceptors (Lipinski definition) is 5. The van der Waals surface area contributed by atoms with Crippen LogP contribution in [-0.2, 0) is 9.47 Å². The Morgan fingerprint density at radius 1 is 1.11 bits per heavy atom. The van der Waals surface area contributed by atoms with Crippen molar-refractivity contribution in [3.8, 4) is 11.5 Å². The molecule has 18 heavy (non-hydrogen) atoms. The predicted octanol–water partition coefficient (Wildman–Crippen LogP) is 2.46. The lowest BCUT2D eigenvalue weighted by molar-refractivity contribution is 0.0452. The van der Waals surface area contributed by atoms with E-state index in [1.165, 1.54) is 14.0 Å². The minimum absolute atomic E-state index is 0.0719. The van der Waals surface area contributed by atoms with Crippen LogP contribution in [-0.4, -0.2) is 33.6 Å². The number of rotatable bonds is 7. The van der Waals surface area contributed by atoms with Crippen molar-refractivity contribution < 1.29 is 23.7 Å². The molecule has 0 radical (unpaired) electrons. The van der Waals surface area contributed by atoms with Crippen LogP contribution in [0.3, 0.4) is 0 Å². The highest BCUT2D eigenvalue weighted by molar-refractivity contribution is 14.1. The molecule has 0 aromatic heterocycles. The zero-order chi connectivity index (χ0) is 13.5. The molecule has 0 amide bonds. The number of ketones is 1. The standard InChI is InChI=1S/C12H15IO5/c1-8(14)9-4-10(13)12(18-7-16-3)5-11(9)17-6-15-2/h4-5H,6-7H2,1-3H3. The summed E-state index contributed by atoms with van der Waals surface area (Å²) >= 11 is 2.09. The summed E-state index contributed by atoms with van der Waals surface area (Å²) in [6.45, 7) is 1.70. The molecular weight excluding hydrogens is 351 g/mol. The van der Waals surface area contributed by atoms with E-state index >= 15 is 0 Å². The third-order valence-corrected chi connectivity index (χ3v) is 2.92. The molecule has 0 heterocycles. The molecule has 1 aromatic carbocycles. The normalized spacial score (nSPS) is 10.2. The highest BCUT2D eigenvalue weighted by Gasteiger charge is 2.14. The SMILES string of the molecule is COCOc1cc(OCOC)c(C(C)=O)cc1I. The first-order valence-electron chi connectivity index (χ1n) is 5.18. The first kappa shape index (κ1) is 15.2. The van der Waals surface area contributed by atoms with Crippen LogP contribution < -0.4 is 9.47 Å². The topological polar surface area (TPSA) is 54.0 Å². The highest BCUT2D eigenvalue weighted by Crippen LogP contribution is 2.31. The second-order valence-electron chi connectivity index (χ2n) is 3.44. The maximum atomic E-state index is 11.5. The summed E-state index contributed by atoms with van der Waals surface area (Å²) in [7, 11) is 3.06. The van der Waals surface area contributed by atoms with Gasteiger partial charge < -0.3 is 18.9 Å². The second-order valence-corrected chi connectivity index (χ2v) is 4.60. The van der Waals surface area contributed by atoms with Gasteiger partial charge in [0.2, 0.25) is 0 Å². The molecule has 5 nitrogen and oxygen atoms in total. The Bertz CT molecular complexity index is 419. The lowest BCUT2D eigenvalue weighted by Crippen LogP contribution is -2.07. The molecule has 0 unspecified atom stereocenters. The van der Waals surface area contributed by atoms with Crippen LogP contribution in [0.1, 0.15) is 17.3 Å². The van der Waals surface area contributed by atoms with E-state index in [0.717, 1.165) is 3.57 Å². The number of carbonyl (C=O) groups is 1. The number of Topliss-reactive ketones (excluding diaryl/α,β-unsaturated/α-hetero) is 1. The van der Waals surface area contributed by atoms with E-state index in [0.29, 0.717) is 17.1 Å². The van der Waals surface area contributed by atoms with E-state index in [2.05, 4.69) is 22.6 Å². The molecule has 0 aliphatic carbocycles. The van der Waals surface area contributed by atoms with Gasteiger partial charge in [0.1, 0.15) is 11.5 Å². The van der Waals surface area contributed by atoms with Crippen molar-refractivity contribution in [3.63, 3.8) is 0 Å². The summed E-state index contributed by atoms with van der Waals surface area (Å²) in [5, 5.41) is 0. The van der Waals surface area contributed by atoms with Gasteiger partial charge in [0.25, 0.3) is 0 Å². The van der Waals surface area contributed by atoms with Gasteiger partial charge in [-0.3, -0.25) is 4.79 Å². The van der Waals surface area contributed by atoms with Gasteiger partial charge >= 0.3 is 0 Å². The molecule has 0 atom stereocenters. The smallest absolute Gasteiger partial charge is 0.188 e. The van der Waals surface area contributed by atoms with E-state index in [1.54, 1.807) is 19.2 Å². The average molecular weight is 366 g/mol. The Labute approximate surface area is 119 Å². The van der Waals surface area contributed by atoms with Gasteiger partial charge in [-0.1, -0.05) is 0 Å². The molecule has 100 valence electrons. The summed E-state index contributed by atoms with van der Waals surface area (Å²) in [5.74, 6) is 0.974. The zero-order valence-corrected chi connectivity index (χ0v) is 12.6. The number of benzene rings is 1. The van der Waals surface area contributed by atoms with Gasteiger partial charge in [-0.15, -0.1) is 0 Å². The van der Waals surface area contributed by atoms with E-state index in [9.17, 15) is 4.79 Å². The minimum Gasteiger partial charge on any atom is -0.467 e. The van der Waals surface area contributed by atoms with E-state index in [4.69, 9.17) is 18.9 Å². The number of carbonyl (C=O) groups excluding carboxylic acids is 1. The lowest BCUT2D eigenvalue weighted by Gasteiger charge is -2.13. The highest BCUT2D eigenvalue weighted by atomic mass is 127. The van der Waals surface area contributed by atoms with Crippen molar-refractivity contribution in [3.05, 3.63) is 21.3 Å². The Hall–Kier alpha value is -0.860. The average Bonchev–Trinajstić information content (AvgIpc) is 2.35. The Morgan fingerprint density at radius 2 is 1.67 bits per heavy atom. The Balaban J connectivity index is 3.05. The summed E-state index contributed by atoms with van der Waals surface area (Å²) in [6, 6.07) is 3.38. The zero-order valence-electron chi connectivity index (χ0n) is 10.5. The second kappa shape index (κ2) is 7.55. The van der Waals surface area contributed by atoms with Crippen LogP contribution in [0.2, 0.25) is 0 Å². The van der Waals surface area contributed by atoms with Gasteiger partial charge in [-0.2, -0.15) is 0 Å². The fraction of sp³-hybridized carbons (Fsp3) is 0.417. The van der Waals surface area contributed by atoms with E-state index < -0.39 is 0 Å². The van der Waals surface area contributed by atoms with E-state index in [1.807, 2.05) is 0 Å². The van der Waals surface area contributed by atoms with Crippen molar-refractivity contribution in [2.75, 3.05) is 27.8 Å². The molecule has 1 aromatic rings. The van der Waals surface area contributed by atoms with Crippen molar-refractivity contribution in [1.82, 2.24) is 0 Å². The number of hydrogen-bond donors (Lipinski definition) is 0. The van der Waals surface area contributed by atoms with Crippen LogP contribution in [0.4, 0.5) is 0 Å². The Morgan fingerprint density at radius 3 is 2.17 bits per heavy atom. The molecular formula is C12H15IO5. The largest absolute Gasteiger partial charge is 0.467 e. The first-order chi connectivity index (χ1) is 8.60. The molecule has 0 saturated heterocycles. The number of methoxy groups -OCH3 is 2. The summed E-state index contributed by atoms with van der Waals surface area (Å²) in [5.41, 5.74) is 0.501. The molecule has 0 fully saturated rings. The predicted molar refractivity (Wildman–Crippen MR) is 74.2 cm³/mol. The molecule has 0 aliphatic rings. The quantitative estimate of drug-likeness (QED) is 0.422. The number of halogens is 1. The van der Waals surface area contributed by atoms with Crippen LogP contribution in [0.25, 0.3) is 0 Å². The maximum absolute atomic E-state index is 11.5.